The minimum absolute atomic E-state index is 0.0941. The van der Waals surface area contributed by atoms with Gasteiger partial charge < -0.3 is 10.4 Å². The fourth-order valence-electron chi connectivity index (χ4n) is 2.07. The highest BCUT2D eigenvalue weighted by molar-refractivity contribution is 6.31. The quantitative estimate of drug-likeness (QED) is 0.861. The number of amides is 1. The molecule has 110 valence electrons. The second-order valence-electron chi connectivity index (χ2n) is 4.83. The van der Waals surface area contributed by atoms with Gasteiger partial charge >= 0.3 is 0 Å². The van der Waals surface area contributed by atoms with E-state index < -0.39 is 6.10 Å². The molecule has 1 amide bonds. The number of aliphatic hydroxyl groups is 1. The van der Waals surface area contributed by atoms with Gasteiger partial charge in [0.15, 0.2) is 0 Å². The fraction of sp³-hybridized carbons (Fsp3) is 0.235. The topological polar surface area (TPSA) is 49.3 Å². The lowest BCUT2D eigenvalue weighted by Gasteiger charge is -2.11. The highest BCUT2D eigenvalue weighted by atomic mass is 35.5. The first-order chi connectivity index (χ1) is 10.2. The molecule has 4 heteroatoms. The van der Waals surface area contributed by atoms with Crippen LogP contribution in [0.5, 0.6) is 0 Å². The Hall–Kier alpha value is -1.84. The van der Waals surface area contributed by atoms with Crippen LogP contribution in [0.2, 0.25) is 5.02 Å². The van der Waals surface area contributed by atoms with Crippen LogP contribution >= 0.6 is 11.6 Å². The van der Waals surface area contributed by atoms with E-state index in [4.69, 9.17) is 11.6 Å². The second kappa shape index (κ2) is 7.81. The molecule has 2 aromatic rings. The van der Waals surface area contributed by atoms with E-state index >= 15 is 0 Å². The minimum atomic E-state index is -0.563. The maximum Gasteiger partial charge on any atom is 0.224 e. The summed E-state index contributed by atoms with van der Waals surface area (Å²) in [6, 6.07) is 16.7. The van der Waals surface area contributed by atoms with Gasteiger partial charge in [-0.1, -0.05) is 60.1 Å². The van der Waals surface area contributed by atoms with Gasteiger partial charge in [0, 0.05) is 11.6 Å². The lowest BCUT2D eigenvalue weighted by molar-refractivity contribution is -0.120. The summed E-state index contributed by atoms with van der Waals surface area (Å²) in [5.41, 5.74) is 1.66. The average molecular weight is 304 g/mol. The van der Waals surface area contributed by atoms with Crippen LogP contribution in [0.4, 0.5) is 0 Å². The SMILES string of the molecule is O=C(Cc1ccccc1Cl)NCCC(O)c1ccccc1. The third-order valence-corrected chi connectivity index (χ3v) is 3.60. The van der Waals surface area contributed by atoms with E-state index in [9.17, 15) is 9.90 Å². The fourth-order valence-corrected chi connectivity index (χ4v) is 2.27. The van der Waals surface area contributed by atoms with Crippen LogP contribution in [0, 0.1) is 0 Å². The molecule has 0 bridgehead atoms. The Labute approximate surface area is 129 Å². The monoisotopic (exact) mass is 303 g/mol. The van der Waals surface area contributed by atoms with Gasteiger partial charge in [-0.15, -0.1) is 0 Å². The summed E-state index contributed by atoms with van der Waals surface area (Å²) in [5.74, 6) is -0.0941. The minimum Gasteiger partial charge on any atom is -0.388 e. The van der Waals surface area contributed by atoms with Crippen molar-refractivity contribution in [2.45, 2.75) is 18.9 Å². The van der Waals surface area contributed by atoms with Crippen molar-refractivity contribution in [2.24, 2.45) is 0 Å². The summed E-state index contributed by atoms with van der Waals surface area (Å²) >= 11 is 6.01. The Morgan fingerprint density at radius 3 is 2.48 bits per heavy atom. The van der Waals surface area contributed by atoms with Gasteiger partial charge in [0.2, 0.25) is 5.91 Å². The Morgan fingerprint density at radius 2 is 1.76 bits per heavy atom. The van der Waals surface area contributed by atoms with E-state index in [1.165, 1.54) is 0 Å². The van der Waals surface area contributed by atoms with Crippen LogP contribution < -0.4 is 5.32 Å². The van der Waals surface area contributed by atoms with E-state index in [1.54, 1.807) is 6.07 Å². The molecule has 0 fully saturated rings. The van der Waals surface area contributed by atoms with E-state index in [2.05, 4.69) is 5.32 Å². The molecular formula is C17H18ClNO2. The van der Waals surface area contributed by atoms with Crippen LogP contribution in [0.25, 0.3) is 0 Å². The van der Waals surface area contributed by atoms with Crippen molar-refractivity contribution in [3.8, 4) is 0 Å². The lowest BCUT2D eigenvalue weighted by Crippen LogP contribution is -2.27. The predicted octanol–water partition coefficient (Wildman–Crippen LogP) is 3.12. The molecule has 0 aliphatic carbocycles. The molecule has 1 unspecified atom stereocenters. The van der Waals surface area contributed by atoms with Crippen molar-refractivity contribution in [3.05, 3.63) is 70.7 Å². The molecule has 21 heavy (non-hydrogen) atoms. The van der Waals surface area contributed by atoms with Gasteiger partial charge in [0.25, 0.3) is 0 Å². The molecule has 0 heterocycles. The van der Waals surface area contributed by atoms with Crippen LogP contribution in [0.3, 0.4) is 0 Å². The molecule has 2 N–H and O–H groups in total. The van der Waals surface area contributed by atoms with Crippen LogP contribution in [-0.4, -0.2) is 17.6 Å². The number of aliphatic hydroxyl groups excluding tert-OH is 1. The Morgan fingerprint density at radius 1 is 1.10 bits per heavy atom. The maximum atomic E-state index is 11.8. The first-order valence-corrected chi connectivity index (χ1v) is 7.27. The number of nitrogens with one attached hydrogen (secondary N) is 1. The van der Waals surface area contributed by atoms with Crippen molar-refractivity contribution in [3.63, 3.8) is 0 Å². The van der Waals surface area contributed by atoms with E-state index in [1.807, 2.05) is 48.5 Å². The third kappa shape index (κ3) is 4.88. The molecule has 0 spiro atoms. The summed E-state index contributed by atoms with van der Waals surface area (Å²) in [6.07, 6.45) is 0.172. The van der Waals surface area contributed by atoms with Crippen molar-refractivity contribution in [2.75, 3.05) is 6.54 Å². The number of rotatable bonds is 6. The van der Waals surface area contributed by atoms with Gasteiger partial charge in [-0.3, -0.25) is 4.79 Å². The van der Waals surface area contributed by atoms with Crippen molar-refractivity contribution >= 4 is 17.5 Å². The van der Waals surface area contributed by atoms with Gasteiger partial charge in [0.05, 0.1) is 12.5 Å². The Balaban J connectivity index is 1.76. The molecule has 2 rings (SSSR count). The van der Waals surface area contributed by atoms with Crippen LogP contribution in [0.1, 0.15) is 23.7 Å². The molecule has 2 aromatic carbocycles. The van der Waals surface area contributed by atoms with Crippen molar-refractivity contribution in [1.29, 1.82) is 0 Å². The van der Waals surface area contributed by atoms with Crippen LogP contribution in [0.15, 0.2) is 54.6 Å². The van der Waals surface area contributed by atoms with E-state index in [0.29, 0.717) is 18.0 Å². The highest BCUT2D eigenvalue weighted by Gasteiger charge is 2.09. The normalized spacial score (nSPS) is 11.9. The molecule has 0 saturated heterocycles. The molecule has 3 nitrogen and oxygen atoms in total. The number of hydrogen-bond acceptors (Lipinski definition) is 2. The molecule has 0 aliphatic rings. The Kier molecular flexibility index (Phi) is 5.78. The van der Waals surface area contributed by atoms with Gasteiger partial charge in [-0.05, 0) is 23.6 Å². The zero-order valence-corrected chi connectivity index (χ0v) is 12.4. The number of hydrogen-bond donors (Lipinski definition) is 2. The molecule has 0 aliphatic heterocycles. The Bertz CT molecular complexity index is 586. The van der Waals surface area contributed by atoms with Crippen LogP contribution in [-0.2, 0) is 11.2 Å². The summed E-state index contributed by atoms with van der Waals surface area (Å²) in [6.45, 7) is 0.430. The first-order valence-electron chi connectivity index (χ1n) is 6.90. The average Bonchev–Trinajstić information content (AvgIpc) is 2.50. The first kappa shape index (κ1) is 15.5. The highest BCUT2D eigenvalue weighted by Crippen LogP contribution is 2.16. The summed E-state index contributed by atoms with van der Waals surface area (Å²) in [5, 5.41) is 13.4. The van der Waals surface area contributed by atoms with Gasteiger partial charge in [-0.25, -0.2) is 0 Å². The molecular weight excluding hydrogens is 286 g/mol. The number of halogens is 1. The zero-order chi connectivity index (χ0) is 15.1. The molecule has 1 atom stereocenters. The number of carbonyl (C=O) groups is 1. The van der Waals surface area contributed by atoms with E-state index in [-0.39, 0.29) is 12.3 Å². The second-order valence-corrected chi connectivity index (χ2v) is 5.24. The predicted molar refractivity (Wildman–Crippen MR) is 84.2 cm³/mol. The lowest BCUT2D eigenvalue weighted by atomic mass is 10.1. The van der Waals surface area contributed by atoms with E-state index in [0.717, 1.165) is 11.1 Å². The third-order valence-electron chi connectivity index (χ3n) is 3.23. The van der Waals surface area contributed by atoms with Crippen molar-refractivity contribution in [1.82, 2.24) is 5.32 Å². The zero-order valence-electron chi connectivity index (χ0n) is 11.6. The number of carbonyl (C=O) groups excluding carboxylic acids is 1. The summed E-state index contributed by atoms with van der Waals surface area (Å²) in [7, 11) is 0. The largest absolute Gasteiger partial charge is 0.388 e. The van der Waals surface area contributed by atoms with Gasteiger partial charge in [0.1, 0.15) is 0 Å². The standard InChI is InChI=1S/C17H18ClNO2/c18-15-9-5-4-8-14(15)12-17(21)19-11-10-16(20)13-6-2-1-3-7-13/h1-9,16,20H,10-12H2,(H,19,21). The molecule has 0 radical (unpaired) electrons. The molecule has 0 aromatic heterocycles. The van der Waals surface area contributed by atoms with Crippen molar-refractivity contribution < 1.29 is 9.90 Å². The summed E-state index contributed by atoms with van der Waals surface area (Å²) in [4.78, 5) is 11.8. The number of benzene rings is 2. The van der Waals surface area contributed by atoms with Gasteiger partial charge in [-0.2, -0.15) is 0 Å². The smallest absolute Gasteiger partial charge is 0.224 e. The maximum absolute atomic E-state index is 11.8. The summed E-state index contributed by atoms with van der Waals surface area (Å²) < 4.78 is 0. The molecule has 0 saturated carbocycles.